The van der Waals surface area contributed by atoms with Crippen molar-refractivity contribution < 1.29 is 19.4 Å². The number of carbonyl (C=O) groups excluding carboxylic acids is 1. The molecule has 138 valence electrons. The van der Waals surface area contributed by atoms with E-state index in [9.17, 15) is 14.7 Å². The standard InChI is InChI=1S/C20H24N2O4/c1-12-7-13(2)9-16(8-12)22-14(3)10-17(15(22)4)18(23)21-20(19(24)25)5-6-26-11-20/h7-10H,5-6,11H2,1-4H3,(H,21,23)(H,24,25). The largest absolute Gasteiger partial charge is 0.479 e. The highest BCUT2D eigenvalue weighted by Crippen LogP contribution is 2.25. The van der Waals surface area contributed by atoms with Crippen LogP contribution in [0.5, 0.6) is 0 Å². The van der Waals surface area contributed by atoms with Gasteiger partial charge in [0.05, 0.1) is 12.2 Å². The van der Waals surface area contributed by atoms with Crippen molar-refractivity contribution >= 4 is 11.9 Å². The molecule has 2 aromatic rings. The van der Waals surface area contributed by atoms with Crippen molar-refractivity contribution in [3.63, 3.8) is 0 Å². The third-order valence-electron chi connectivity index (χ3n) is 4.92. The van der Waals surface area contributed by atoms with Crippen LogP contribution in [0.4, 0.5) is 0 Å². The number of benzene rings is 1. The zero-order valence-corrected chi connectivity index (χ0v) is 15.5. The van der Waals surface area contributed by atoms with Crippen LogP contribution in [0.1, 0.15) is 39.3 Å². The van der Waals surface area contributed by atoms with E-state index in [0.29, 0.717) is 12.2 Å². The lowest BCUT2D eigenvalue weighted by Gasteiger charge is -2.23. The molecule has 1 aromatic carbocycles. The van der Waals surface area contributed by atoms with Crippen LogP contribution in [0.2, 0.25) is 0 Å². The minimum Gasteiger partial charge on any atom is -0.479 e. The first-order chi connectivity index (χ1) is 12.2. The van der Waals surface area contributed by atoms with Gasteiger partial charge >= 0.3 is 5.97 Å². The SMILES string of the molecule is Cc1cc(C)cc(-n2c(C)cc(C(=O)NC3(C(=O)O)CCOC3)c2C)c1. The molecule has 1 amide bonds. The monoisotopic (exact) mass is 356 g/mol. The second kappa shape index (κ2) is 6.61. The predicted molar refractivity (Wildman–Crippen MR) is 98.0 cm³/mol. The van der Waals surface area contributed by atoms with Crippen molar-refractivity contribution in [1.82, 2.24) is 9.88 Å². The first kappa shape index (κ1) is 18.2. The normalized spacial score (nSPS) is 19.5. The molecule has 0 spiro atoms. The van der Waals surface area contributed by atoms with Gasteiger partial charge in [-0.2, -0.15) is 0 Å². The number of aliphatic carboxylic acids is 1. The van der Waals surface area contributed by atoms with Crippen LogP contribution in [-0.4, -0.2) is 40.3 Å². The van der Waals surface area contributed by atoms with Crippen LogP contribution < -0.4 is 5.32 Å². The quantitative estimate of drug-likeness (QED) is 0.883. The molecule has 6 nitrogen and oxygen atoms in total. The second-order valence-corrected chi connectivity index (χ2v) is 7.11. The number of nitrogens with zero attached hydrogens (tertiary/aromatic N) is 1. The number of carboxylic acids is 1. The van der Waals surface area contributed by atoms with Gasteiger partial charge in [-0.25, -0.2) is 4.79 Å². The molecule has 0 bridgehead atoms. The van der Waals surface area contributed by atoms with Crippen LogP contribution in [0.3, 0.4) is 0 Å². The fourth-order valence-corrected chi connectivity index (χ4v) is 3.64. The fraction of sp³-hybridized carbons (Fsp3) is 0.400. The lowest BCUT2D eigenvalue weighted by Crippen LogP contribution is -2.55. The van der Waals surface area contributed by atoms with E-state index in [1.165, 1.54) is 0 Å². The molecule has 1 aliphatic rings. The predicted octanol–water partition coefficient (Wildman–Crippen LogP) is 2.68. The fourth-order valence-electron chi connectivity index (χ4n) is 3.64. The van der Waals surface area contributed by atoms with Crippen LogP contribution in [0.25, 0.3) is 5.69 Å². The lowest BCUT2D eigenvalue weighted by atomic mass is 9.98. The maximum Gasteiger partial charge on any atom is 0.331 e. The van der Waals surface area contributed by atoms with Crippen LogP contribution in [0, 0.1) is 27.7 Å². The molecule has 1 aromatic heterocycles. The summed E-state index contributed by atoms with van der Waals surface area (Å²) in [6.45, 7) is 8.20. The molecule has 1 aliphatic heterocycles. The number of aromatic nitrogens is 1. The molecule has 6 heteroatoms. The summed E-state index contributed by atoms with van der Waals surface area (Å²) in [5.41, 5.74) is 4.12. The highest BCUT2D eigenvalue weighted by Gasteiger charge is 2.44. The maximum atomic E-state index is 12.8. The third kappa shape index (κ3) is 3.12. The summed E-state index contributed by atoms with van der Waals surface area (Å²) in [5, 5.41) is 12.2. The molecule has 2 heterocycles. The smallest absolute Gasteiger partial charge is 0.331 e. The van der Waals surface area contributed by atoms with E-state index in [4.69, 9.17) is 4.74 Å². The zero-order valence-electron chi connectivity index (χ0n) is 15.5. The van der Waals surface area contributed by atoms with Crippen molar-refractivity contribution in [2.75, 3.05) is 13.2 Å². The van der Waals surface area contributed by atoms with E-state index in [1.54, 1.807) is 6.07 Å². The van der Waals surface area contributed by atoms with E-state index in [0.717, 1.165) is 28.2 Å². The molecule has 3 rings (SSSR count). The molecule has 26 heavy (non-hydrogen) atoms. The Balaban J connectivity index is 1.97. The Kier molecular flexibility index (Phi) is 4.63. The van der Waals surface area contributed by atoms with Gasteiger partial charge in [0.25, 0.3) is 5.91 Å². The number of aryl methyl sites for hydroxylation is 3. The first-order valence-electron chi connectivity index (χ1n) is 8.65. The van der Waals surface area contributed by atoms with Crippen molar-refractivity contribution in [3.8, 4) is 5.69 Å². The highest BCUT2D eigenvalue weighted by molar-refractivity contribution is 5.99. The van der Waals surface area contributed by atoms with Crippen molar-refractivity contribution in [3.05, 3.63) is 52.3 Å². The minimum absolute atomic E-state index is 0.0100. The Labute approximate surface area is 152 Å². The number of rotatable bonds is 4. The van der Waals surface area contributed by atoms with Gasteiger partial charge in [-0.3, -0.25) is 4.79 Å². The zero-order chi connectivity index (χ0) is 19.1. The average molecular weight is 356 g/mol. The molecular formula is C20H24N2O4. The Morgan fingerprint density at radius 2 is 1.77 bits per heavy atom. The van der Waals surface area contributed by atoms with Crippen LogP contribution in [0.15, 0.2) is 24.3 Å². The molecule has 1 fully saturated rings. The molecule has 1 unspecified atom stereocenters. The van der Waals surface area contributed by atoms with Gasteiger partial charge in [0.15, 0.2) is 5.54 Å². The number of amides is 1. The number of nitrogens with one attached hydrogen (secondary N) is 1. The van der Waals surface area contributed by atoms with E-state index in [-0.39, 0.29) is 18.9 Å². The van der Waals surface area contributed by atoms with Crippen molar-refractivity contribution in [1.29, 1.82) is 0 Å². The molecule has 1 saturated heterocycles. The molecular weight excluding hydrogens is 332 g/mol. The molecule has 2 N–H and O–H groups in total. The van der Waals surface area contributed by atoms with E-state index in [1.807, 2.05) is 32.3 Å². The molecule has 1 atom stereocenters. The summed E-state index contributed by atoms with van der Waals surface area (Å²) in [7, 11) is 0. The molecule has 0 aliphatic carbocycles. The lowest BCUT2D eigenvalue weighted by molar-refractivity contribution is -0.144. The van der Waals surface area contributed by atoms with E-state index in [2.05, 4.69) is 23.5 Å². The van der Waals surface area contributed by atoms with E-state index >= 15 is 0 Å². The minimum atomic E-state index is -1.35. The van der Waals surface area contributed by atoms with Gasteiger partial charge in [0, 0.05) is 30.1 Å². The van der Waals surface area contributed by atoms with Gasteiger partial charge < -0.3 is 19.7 Å². The highest BCUT2D eigenvalue weighted by atomic mass is 16.5. The summed E-state index contributed by atoms with van der Waals surface area (Å²) >= 11 is 0. The average Bonchev–Trinajstić information content (AvgIpc) is 3.12. The van der Waals surface area contributed by atoms with Gasteiger partial charge in [-0.1, -0.05) is 6.07 Å². The third-order valence-corrected chi connectivity index (χ3v) is 4.92. The number of hydrogen-bond donors (Lipinski definition) is 2. The summed E-state index contributed by atoms with van der Waals surface area (Å²) in [6.07, 6.45) is 0.268. The number of carbonyl (C=O) groups is 2. The maximum absolute atomic E-state index is 12.8. The summed E-state index contributed by atoms with van der Waals surface area (Å²) in [4.78, 5) is 24.5. The summed E-state index contributed by atoms with van der Waals surface area (Å²) in [5.74, 6) is -1.45. The van der Waals surface area contributed by atoms with Crippen LogP contribution in [-0.2, 0) is 9.53 Å². The van der Waals surface area contributed by atoms with Gasteiger partial charge in [-0.15, -0.1) is 0 Å². The summed E-state index contributed by atoms with van der Waals surface area (Å²) < 4.78 is 7.23. The van der Waals surface area contributed by atoms with Gasteiger partial charge in [0.1, 0.15) is 0 Å². The molecule has 0 saturated carbocycles. The van der Waals surface area contributed by atoms with Crippen LogP contribution >= 0.6 is 0 Å². The topological polar surface area (TPSA) is 80.6 Å². The Morgan fingerprint density at radius 3 is 2.31 bits per heavy atom. The Morgan fingerprint density at radius 1 is 1.12 bits per heavy atom. The number of ether oxygens (including phenoxy) is 1. The van der Waals surface area contributed by atoms with Gasteiger partial charge in [-0.05, 0) is 57.0 Å². The van der Waals surface area contributed by atoms with Gasteiger partial charge in [0.2, 0.25) is 0 Å². The first-order valence-corrected chi connectivity index (χ1v) is 8.65. The van der Waals surface area contributed by atoms with Crippen molar-refractivity contribution in [2.45, 2.75) is 39.7 Å². The molecule has 0 radical (unpaired) electrons. The number of carboxylic acid groups (broad SMARTS) is 1. The van der Waals surface area contributed by atoms with Crippen molar-refractivity contribution in [2.24, 2.45) is 0 Å². The Bertz CT molecular complexity index is 856. The number of hydrogen-bond acceptors (Lipinski definition) is 3. The summed E-state index contributed by atoms with van der Waals surface area (Å²) in [6, 6.07) is 8.03. The van der Waals surface area contributed by atoms with E-state index < -0.39 is 11.5 Å². The Hall–Kier alpha value is -2.60. The second-order valence-electron chi connectivity index (χ2n) is 7.11.